The second-order valence-corrected chi connectivity index (χ2v) is 7.04. The molecule has 0 heterocycles. The number of hydrogen-bond donors (Lipinski definition) is 2. The van der Waals surface area contributed by atoms with Gasteiger partial charge in [-0.05, 0) is 41.5 Å². The van der Waals surface area contributed by atoms with Crippen LogP contribution in [-0.2, 0) is 23.0 Å². The maximum absolute atomic E-state index is 13.3. The van der Waals surface area contributed by atoms with E-state index in [0.29, 0.717) is 17.2 Å². The van der Waals surface area contributed by atoms with Gasteiger partial charge in [-0.3, -0.25) is 4.79 Å². The monoisotopic (exact) mass is 435 g/mol. The fourth-order valence-corrected chi connectivity index (χ4v) is 3.21. The number of halogens is 3. The van der Waals surface area contributed by atoms with Crippen molar-refractivity contribution in [2.75, 3.05) is 5.32 Å². The molecule has 0 fully saturated rings. The highest BCUT2D eigenvalue weighted by Gasteiger charge is 2.39. The lowest BCUT2D eigenvalue weighted by Crippen LogP contribution is -2.42. The number of carbonyl (C=O) groups excluding carboxylic acids is 1. The molecule has 0 aromatic heterocycles. The molecule has 0 aliphatic rings. The van der Waals surface area contributed by atoms with Gasteiger partial charge in [0.05, 0.1) is 28.8 Å². The number of carbonyl (C=O) groups is 1. The quantitative estimate of drug-likeness (QED) is 0.616. The number of nitriles is 2. The van der Waals surface area contributed by atoms with Crippen LogP contribution in [0, 0.1) is 22.7 Å². The number of anilines is 1. The highest BCUT2D eigenvalue weighted by molar-refractivity contribution is 5.98. The first-order chi connectivity index (χ1) is 15.2. The van der Waals surface area contributed by atoms with Crippen molar-refractivity contribution in [1.29, 1.82) is 10.5 Å². The summed E-state index contributed by atoms with van der Waals surface area (Å²) in [6, 6.07) is 20.5. The summed E-state index contributed by atoms with van der Waals surface area (Å²) < 4.78 is 39.8. The average Bonchev–Trinajstić information content (AvgIpc) is 2.79. The third-order valence-corrected chi connectivity index (χ3v) is 4.87. The standard InChI is InChI=1S/C24H16F3N3O2/c25-24(26,27)21-12-20(11-10-18(21)15-29)30-22(31)23(32,19-4-2-1-3-5-19)13-16-6-8-17(14-28)9-7-16/h1-12,32H,13H2,(H,30,31). The van der Waals surface area contributed by atoms with Crippen molar-refractivity contribution in [2.24, 2.45) is 0 Å². The van der Waals surface area contributed by atoms with Crippen molar-refractivity contribution in [1.82, 2.24) is 0 Å². The van der Waals surface area contributed by atoms with Crippen molar-refractivity contribution in [2.45, 2.75) is 18.2 Å². The van der Waals surface area contributed by atoms with Crippen LogP contribution in [0.2, 0.25) is 0 Å². The van der Waals surface area contributed by atoms with Gasteiger partial charge < -0.3 is 10.4 Å². The maximum atomic E-state index is 13.3. The number of aliphatic hydroxyl groups is 1. The molecule has 1 amide bonds. The first kappa shape index (κ1) is 22.5. The number of alkyl halides is 3. The number of hydrogen-bond acceptors (Lipinski definition) is 4. The fraction of sp³-hybridized carbons (Fsp3) is 0.125. The van der Waals surface area contributed by atoms with Crippen LogP contribution >= 0.6 is 0 Å². The first-order valence-corrected chi connectivity index (χ1v) is 9.37. The van der Waals surface area contributed by atoms with E-state index in [2.05, 4.69) is 5.32 Å². The highest BCUT2D eigenvalue weighted by Crippen LogP contribution is 2.34. The molecule has 0 saturated carbocycles. The molecule has 0 aliphatic carbocycles. The van der Waals surface area contributed by atoms with E-state index in [-0.39, 0.29) is 17.7 Å². The summed E-state index contributed by atoms with van der Waals surface area (Å²) >= 11 is 0. The summed E-state index contributed by atoms with van der Waals surface area (Å²) in [7, 11) is 0. The van der Waals surface area contributed by atoms with Gasteiger partial charge >= 0.3 is 6.18 Å². The molecule has 1 atom stereocenters. The van der Waals surface area contributed by atoms with Crippen LogP contribution in [0.4, 0.5) is 18.9 Å². The SMILES string of the molecule is N#Cc1ccc(CC(O)(C(=O)Nc2ccc(C#N)c(C(F)(F)F)c2)c2ccccc2)cc1. The van der Waals surface area contributed by atoms with Gasteiger partial charge in [0.1, 0.15) is 0 Å². The smallest absolute Gasteiger partial charge is 0.375 e. The summed E-state index contributed by atoms with van der Waals surface area (Å²) in [6.07, 6.45) is -4.97. The molecule has 2 N–H and O–H groups in total. The summed E-state index contributed by atoms with van der Waals surface area (Å²) in [6.45, 7) is 0. The number of nitrogens with zero attached hydrogens (tertiary/aromatic N) is 2. The third kappa shape index (κ3) is 4.77. The molecule has 0 saturated heterocycles. The van der Waals surface area contributed by atoms with Crippen LogP contribution in [0.5, 0.6) is 0 Å². The minimum Gasteiger partial charge on any atom is -0.375 e. The van der Waals surface area contributed by atoms with Crippen LogP contribution in [0.1, 0.15) is 27.8 Å². The summed E-state index contributed by atoms with van der Waals surface area (Å²) in [5.41, 5.74) is -2.90. The van der Waals surface area contributed by atoms with Gasteiger partial charge in [0.2, 0.25) is 0 Å². The summed E-state index contributed by atoms with van der Waals surface area (Å²) in [5.74, 6) is -0.939. The maximum Gasteiger partial charge on any atom is 0.417 e. The predicted molar refractivity (Wildman–Crippen MR) is 110 cm³/mol. The zero-order valence-electron chi connectivity index (χ0n) is 16.5. The van der Waals surface area contributed by atoms with Gasteiger partial charge in [0.25, 0.3) is 5.91 Å². The Morgan fingerprint density at radius 2 is 1.59 bits per heavy atom. The molecule has 32 heavy (non-hydrogen) atoms. The molecule has 0 aliphatic heterocycles. The lowest BCUT2D eigenvalue weighted by molar-refractivity contribution is -0.138. The minimum atomic E-state index is -4.79. The summed E-state index contributed by atoms with van der Waals surface area (Å²) in [5, 5.41) is 31.6. The average molecular weight is 435 g/mol. The van der Waals surface area contributed by atoms with E-state index < -0.39 is 28.8 Å². The lowest BCUT2D eigenvalue weighted by Gasteiger charge is -2.28. The molecule has 0 bridgehead atoms. The van der Waals surface area contributed by atoms with Gasteiger partial charge in [-0.25, -0.2) is 0 Å². The van der Waals surface area contributed by atoms with Crippen LogP contribution < -0.4 is 5.32 Å². The Balaban J connectivity index is 1.98. The number of benzene rings is 3. The molecule has 0 radical (unpaired) electrons. The largest absolute Gasteiger partial charge is 0.417 e. The van der Waals surface area contributed by atoms with Crippen molar-refractivity contribution in [3.63, 3.8) is 0 Å². The van der Waals surface area contributed by atoms with Crippen molar-refractivity contribution >= 4 is 11.6 Å². The zero-order chi connectivity index (χ0) is 23.4. The van der Waals surface area contributed by atoms with Crippen molar-refractivity contribution < 1.29 is 23.1 Å². The van der Waals surface area contributed by atoms with Crippen molar-refractivity contribution in [3.05, 3.63) is 101 Å². The Bertz CT molecular complexity index is 1210. The Labute approximate surface area is 182 Å². The van der Waals surface area contributed by atoms with E-state index in [1.807, 2.05) is 6.07 Å². The van der Waals surface area contributed by atoms with E-state index in [4.69, 9.17) is 10.5 Å². The number of amides is 1. The molecule has 0 spiro atoms. The molecule has 5 nitrogen and oxygen atoms in total. The molecular formula is C24H16F3N3O2. The zero-order valence-corrected chi connectivity index (χ0v) is 16.5. The molecule has 160 valence electrons. The van der Waals surface area contributed by atoms with Gasteiger partial charge in [-0.15, -0.1) is 0 Å². The van der Waals surface area contributed by atoms with Crippen LogP contribution in [-0.4, -0.2) is 11.0 Å². The topological polar surface area (TPSA) is 96.9 Å². The summed E-state index contributed by atoms with van der Waals surface area (Å²) in [4.78, 5) is 13.1. The number of rotatable bonds is 5. The Morgan fingerprint density at radius 1 is 0.938 bits per heavy atom. The van der Waals surface area contributed by atoms with Crippen LogP contribution in [0.3, 0.4) is 0 Å². The second-order valence-electron chi connectivity index (χ2n) is 7.04. The van der Waals surface area contributed by atoms with Gasteiger partial charge in [0, 0.05) is 12.1 Å². The van der Waals surface area contributed by atoms with Gasteiger partial charge in [-0.2, -0.15) is 23.7 Å². The van der Waals surface area contributed by atoms with E-state index >= 15 is 0 Å². The molecular weight excluding hydrogens is 419 g/mol. The second kappa shape index (κ2) is 8.93. The molecule has 3 rings (SSSR count). The highest BCUT2D eigenvalue weighted by atomic mass is 19.4. The van der Waals surface area contributed by atoms with Gasteiger partial charge in [0.15, 0.2) is 5.60 Å². The fourth-order valence-electron chi connectivity index (χ4n) is 3.21. The first-order valence-electron chi connectivity index (χ1n) is 9.37. The minimum absolute atomic E-state index is 0.184. The van der Waals surface area contributed by atoms with Crippen LogP contribution in [0.25, 0.3) is 0 Å². The van der Waals surface area contributed by atoms with E-state index in [1.165, 1.54) is 36.4 Å². The molecule has 3 aromatic rings. The van der Waals surface area contributed by atoms with E-state index in [0.717, 1.165) is 6.07 Å². The van der Waals surface area contributed by atoms with E-state index in [1.54, 1.807) is 30.3 Å². The van der Waals surface area contributed by atoms with E-state index in [9.17, 15) is 23.1 Å². The van der Waals surface area contributed by atoms with Gasteiger partial charge in [-0.1, -0.05) is 42.5 Å². The number of nitrogens with one attached hydrogen (secondary N) is 1. The molecule has 8 heteroatoms. The third-order valence-electron chi connectivity index (χ3n) is 4.87. The van der Waals surface area contributed by atoms with Crippen LogP contribution in [0.15, 0.2) is 72.8 Å². The molecule has 1 unspecified atom stereocenters. The normalized spacial score (nSPS) is 12.8. The van der Waals surface area contributed by atoms with Crippen molar-refractivity contribution in [3.8, 4) is 12.1 Å². The predicted octanol–water partition coefficient (Wildman–Crippen LogP) is 4.52. The Hall–Kier alpha value is -4.14. The lowest BCUT2D eigenvalue weighted by atomic mass is 9.86. The Kier molecular flexibility index (Phi) is 6.29. The molecule has 3 aromatic carbocycles. The Morgan fingerprint density at radius 3 is 2.16 bits per heavy atom.